The van der Waals surface area contributed by atoms with Gasteiger partial charge in [-0.25, -0.2) is 0 Å². The van der Waals surface area contributed by atoms with Crippen molar-refractivity contribution in [3.05, 3.63) is 35.9 Å². The molecule has 1 aromatic rings. The van der Waals surface area contributed by atoms with E-state index >= 15 is 0 Å². The van der Waals surface area contributed by atoms with E-state index in [0.29, 0.717) is 32.5 Å². The number of hydrogen-bond acceptors (Lipinski definition) is 3. The van der Waals surface area contributed by atoms with E-state index < -0.39 is 0 Å². The van der Waals surface area contributed by atoms with Crippen LogP contribution in [0.5, 0.6) is 0 Å². The van der Waals surface area contributed by atoms with Gasteiger partial charge in [0.25, 0.3) is 0 Å². The minimum Gasteiger partial charge on any atom is -0.370 e. The highest BCUT2D eigenvalue weighted by atomic mass is 16.5. The molecule has 4 heteroatoms. The van der Waals surface area contributed by atoms with Gasteiger partial charge in [-0.3, -0.25) is 9.59 Å². The number of Topliss-reactive ketones (excluding diaryl/α,β-unsaturated/α-hetero) is 1. The van der Waals surface area contributed by atoms with Crippen molar-refractivity contribution in [3.8, 4) is 0 Å². The number of carbonyl (C=O) groups is 2. The van der Waals surface area contributed by atoms with Crippen LogP contribution in [0, 0.1) is 0 Å². The summed E-state index contributed by atoms with van der Waals surface area (Å²) in [7, 11) is 0. The summed E-state index contributed by atoms with van der Waals surface area (Å²) in [5.74, 6) is 0.157. The van der Waals surface area contributed by atoms with Gasteiger partial charge in [0.1, 0.15) is 6.61 Å². The first kappa shape index (κ1) is 12.8. The minimum absolute atomic E-state index is 0.0217. The Labute approximate surface area is 107 Å². The quantitative estimate of drug-likeness (QED) is 0.741. The maximum absolute atomic E-state index is 11.8. The number of carbonyl (C=O) groups excluding carboxylic acids is 2. The Morgan fingerprint density at radius 2 is 2.06 bits per heavy atom. The minimum atomic E-state index is 0.0217. The molecule has 0 unspecified atom stereocenters. The van der Waals surface area contributed by atoms with E-state index in [1.165, 1.54) is 0 Å². The first-order valence-electron chi connectivity index (χ1n) is 6.21. The Bertz CT molecular complexity index is 416. The summed E-state index contributed by atoms with van der Waals surface area (Å²) in [6.45, 7) is 2.05. The molecular formula is C14H17NO3. The number of ketones is 1. The molecule has 0 saturated carbocycles. The number of rotatable bonds is 5. The molecule has 1 aliphatic rings. The average molecular weight is 247 g/mol. The number of benzene rings is 1. The summed E-state index contributed by atoms with van der Waals surface area (Å²) in [4.78, 5) is 25.1. The van der Waals surface area contributed by atoms with Gasteiger partial charge in [-0.1, -0.05) is 30.3 Å². The smallest absolute Gasteiger partial charge is 0.248 e. The van der Waals surface area contributed by atoms with E-state index in [1.54, 1.807) is 4.90 Å². The highest BCUT2D eigenvalue weighted by Crippen LogP contribution is 2.07. The summed E-state index contributed by atoms with van der Waals surface area (Å²) in [6, 6.07) is 9.26. The number of hydrogen-bond donors (Lipinski definition) is 0. The Hall–Kier alpha value is -1.68. The third-order valence-corrected chi connectivity index (χ3v) is 3.01. The molecule has 1 fully saturated rings. The highest BCUT2D eigenvalue weighted by Gasteiger charge is 2.18. The lowest BCUT2D eigenvalue weighted by Crippen LogP contribution is -2.42. The number of ether oxygens (including phenoxy) is 1. The molecular weight excluding hydrogens is 230 g/mol. The summed E-state index contributed by atoms with van der Waals surface area (Å²) >= 11 is 0. The van der Waals surface area contributed by atoms with E-state index in [4.69, 9.17) is 4.74 Å². The third-order valence-electron chi connectivity index (χ3n) is 3.01. The van der Waals surface area contributed by atoms with Crippen molar-refractivity contribution < 1.29 is 14.3 Å². The van der Waals surface area contributed by atoms with Crippen LogP contribution in [-0.4, -0.2) is 42.9 Å². The maximum Gasteiger partial charge on any atom is 0.248 e. The normalized spacial score (nSPS) is 15.8. The molecule has 0 N–H and O–H groups in total. The molecule has 0 spiro atoms. The molecule has 0 aliphatic carbocycles. The van der Waals surface area contributed by atoms with Crippen LogP contribution >= 0.6 is 0 Å². The standard InChI is InChI=1S/C14H17NO3/c16-13(12-5-2-1-3-6-12)7-4-8-15-9-10-18-11-14(15)17/h1-3,5-6H,4,7-11H2. The van der Waals surface area contributed by atoms with Gasteiger partial charge in [0, 0.05) is 25.1 Å². The van der Waals surface area contributed by atoms with Crippen molar-refractivity contribution >= 4 is 11.7 Å². The first-order valence-corrected chi connectivity index (χ1v) is 6.21. The lowest BCUT2D eigenvalue weighted by Gasteiger charge is -2.26. The van der Waals surface area contributed by atoms with Gasteiger partial charge in [0.2, 0.25) is 5.91 Å². The van der Waals surface area contributed by atoms with Gasteiger partial charge >= 0.3 is 0 Å². The fourth-order valence-corrected chi connectivity index (χ4v) is 1.99. The molecule has 1 heterocycles. The molecule has 0 radical (unpaired) electrons. The molecule has 1 aromatic carbocycles. The van der Waals surface area contributed by atoms with E-state index in [-0.39, 0.29) is 18.3 Å². The van der Waals surface area contributed by atoms with Gasteiger partial charge in [0.15, 0.2) is 5.78 Å². The molecule has 1 aliphatic heterocycles. The second-order valence-electron chi connectivity index (χ2n) is 4.33. The second-order valence-corrected chi connectivity index (χ2v) is 4.33. The molecule has 0 bridgehead atoms. The monoisotopic (exact) mass is 247 g/mol. The van der Waals surface area contributed by atoms with Crippen LogP contribution < -0.4 is 0 Å². The molecule has 18 heavy (non-hydrogen) atoms. The number of amides is 1. The largest absolute Gasteiger partial charge is 0.370 e. The fraction of sp³-hybridized carbons (Fsp3) is 0.429. The third kappa shape index (κ3) is 3.40. The van der Waals surface area contributed by atoms with Gasteiger partial charge in [-0.05, 0) is 6.42 Å². The zero-order valence-electron chi connectivity index (χ0n) is 10.3. The van der Waals surface area contributed by atoms with Crippen LogP contribution in [-0.2, 0) is 9.53 Å². The topological polar surface area (TPSA) is 46.6 Å². The van der Waals surface area contributed by atoms with E-state index in [0.717, 1.165) is 5.56 Å². The van der Waals surface area contributed by atoms with Crippen molar-refractivity contribution in [2.45, 2.75) is 12.8 Å². The van der Waals surface area contributed by atoms with Crippen molar-refractivity contribution in [2.75, 3.05) is 26.3 Å². The fourth-order valence-electron chi connectivity index (χ4n) is 1.99. The molecule has 1 saturated heterocycles. The maximum atomic E-state index is 11.8. The van der Waals surface area contributed by atoms with Crippen LogP contribution in [0.4, 0.5) is 0 Å². The first-order chi connectivity index (χ1) is 8.77. The van der Waals surface area contributed by atoms with Crippen LogP contribution in [0.1, 0.15) is 23.2 Å². The Balaban J connectivity index is 1.75. The van der Waals surface area contributed by atoms with Gasteiger partial charge < -0.3 is 9.64 Å². The Kier molecular flexibility index (Phi) is 4.47. The predicted molar refractivity (Wildman–Crippen MR) is 67.4 cm³/mol. The van der Waals surface area contributed by atoms with Crippen molar-refractivity contribution in [1.82, 2.24) is 4.90 Å². The lowest BCUT2D eigenvalue weighted by molar-refractivity contribution is -0.142. The zero-order valence-corrected chi connectivity index (χ0v) is 10.3. The van der Waals surface area contributed by atoms with Crippen molar-refractivity contribution in [1.29, 1.82) is 0 Å². The molecule has 96 valence electrons. The molecule has 4 nitrogen and oxygen atoms in total. The van der Waals surface area contributed by atoms with Gasteiger partial charge in [-0.2, -0.15) is 0 Å². The molecule has 1 amide bonds. The average Bonchev–Trinajstić information content (AvgIpc) is 2.42. The summed E-state index contributed by atoms with van der Waals surface area (Å²) in [5, 5.41) is 0. The molecule has 2 rings (SSSR count). The van der Waals surface area contributed by atoms with E-state index in [9.17, 15) is 9.59 Å². The number of morpholine rings is 1. The second kappa shape index (κ2) is 6.31. The van der Waals surface area contributed by atoms with Crippen LogP contribution in [0.3, 0.4) is 0 Å². The Morgan fingerprint density at radius 1 is 1.28 bits per heavy atom. The zero-order chi connectivity index (χ0) is 12.8. The summed E-state index contributed by atoms with van der Waals surface area (Å²) in [5.41, 5.74) is 0.741. The summed E-state index contributed by atoms with van der Waals surface area (Å²) in [6.07, 6.45) is 1.19. The summed E-state index contributed by atoms with van der Waals surface area (Å²) < 4.78 is 5.05. The van der Waals surface area contributed by atoms with Gasteiger partial charge in [-0.15, -0.1) is 0 Å². The van der Waals surface area contributed by atoms with Gasteiger partial charge in [0.05, 0.1) is 6.61 Å². The van der Waals surface area contributed by atoms with E-state index in [1.807, 2.05) is 30.3 Å². The molecule has 0 atom stereocenters. The SMILES string of the molecule is O=C(CCCN1CCOCC1=O)c1ccccc1. The molecule has 0 aromatic heterocycles. The highest BCUT2D eigenvalue weighted by molar-refractivity contribution is 5.95. The van der Waals surface area contributed by atoms with Crippen molar-refractivity contribution in [2.24, 2.45) is 0 Å². The van der Waals surface area contributed by atoms with Crippen molar-refractivity contribution in [3.63, 3.8) is 0 Å². The number of nitrogens with zero attached hydrogens (tertiary/aromatic N) is 1. The van der Waals surface area contributed by atoms with E-state index in [2.05, 4.69) is 0 Å². The lowest BCUT2D eigenvalue weighted by atomic mass is 10.1. The van der Waals surface area contributed by atoms with Crippen LogP contribution in [0.25, 0.3) is 0 Å². The van der Waals surface area contributed by atoms with Crippen LogP contribution in [0.2, 0.25) is 0 Å². The Morgan fingerprint density at radius 3 is 2.78 bits per heavy atom. The predicted octanol–water partition coefficient (Wildman–Crippen LogP) is 1.51. The van der Waals surface area contributed by atoms with Crippen LogP contribution in [0.15, 0.2) is 30.3 Å².